The molecule has 0 saturated heterocycles. The molecule has 0 aromatic carbocycles. The number of carbonyl (C=O) groups excluding carboxylic acids is 1. The first-order chi connectivity index (χ1) is 10.3. The number of hydrogen-bond acceptors (Lipinski definition) is 5. The van der Waals surface area contributed by atoms with Crippen molar-refractivity contribution in [2.45, 2.75) is 13.1 Å². The molecule has 2 aromatic heterocycles. The molecule has 2 heterocycles. The van der Waals surface area contributed by atoms with Crippen molar-refractivity contribution in [3.05, 3.63) is 28.4 Å². The fourth-order valence-corrected chi connectivity index (χ4v) is 1.97. The lowest BCUT2D eigenvalue weighted by Crippen LogP contribution is -2.09. The lowest BCUT2D eigenvalue weighted by atomic mass is 10.1. The maximum Gasteiger partial charge on any atom is 0.417 e. The van der Waals surface area contributed by atoms with Gasteiger partial charge in [-0.05, 0) is 13.0 Å². The summed E-state index contributed by atoms with van der Waals surface area (Å²) in [5.74, 6) is -0.937. The molecule has 0 atom stereocenters. The van der Waals surface area contributed by atoms with E-state index in [0.29, 0.717) is 12.3 Å². The van der Waals surface area contributed by atoms with E-state index in [-0.39, 0.29) is 34.4 Å². The highest BCUT2D eigenvalue weighted by Gasteiger charge is 2.32. The van der Waals surface area contributed by atoms with Crippen LogP contribution in [0, 0.1) is 0 Å². The molecule has 0 saturated carbocycles. The number of ether oxygens (including phenoxy) is 1. The number of halogens is 4. The van der Waals surface area contributed by atoms with Crippen LogP contribution in [-0.2, 0) is 10.9 Å². The number of hydrogen-bond donors (Lipinski definition) is 2. The minimum absolute atomic E-state index is 0.00493. The fraction of sp³-hybridized carbons (Fsp3) is 0.250. The molecule has 118 valence electrons. The Balaban J connectivity index is 2.52. The second-order valence-corrected chi connectivity index (χ2v) is 4.54. The highest BCUT2D eigenvalue weighted by molar-refractivity contribution is 6.33. The van der Waals surface area contributed by atoms with E-state index >= 15 is 0 Å². The molecule has 2 rings (SSSR count). The van der Waals surface area contributed by atoms with E-state index < -0.39 is 17.7 Å². The van der Waals surface area contributed by atoms with Gasteiger partial charge in [0.25, 0.3) is 0 Å². The molecule has 2 aromatic rings. The summed E-state index contributed by atoms with van der Waals surface area (Å²) < 4.78 is 42.6. The van der Waals surface area contributed by atoms with Crippen LogP contribution in [0.2, 0.25) is 5.02 Å². The largest absolute Gasteiger partial charge is 0.462 e. The Morgan fingerprint density at radius 3 is 2.73 bits per heavy atom. The van der Waals surface area contributed by atoms with Crippen LogP contribution in [0.1, 0.15) is 22.8 Å². The highest BCUT2D eigenvalue weighted by atomic mass is 35.5. The maximum atomic E-state index is 12.6. The number of nitrogens with two attached hydrogens (primary N) is 1. The number of anilines is 1. The molecule has 0 bridgehead atoms. The summed E-state index contributed by atoms with van der Waals surface area (Å²) in [6, 6.07) is 0.704. The molecule has 0 spiro atoms. The first kappa shape index (κ1) is 16.1. The Labute approximate surface area is 127 Å². The van der Waals surface area contributed by atoms with Gasteiger partial charge >= 0.3 is 12.1 Å². The zero-order valence-corrected chi connectivity index (χ0v) is 11.9. The third kappa shape index (κ3) is 2.98. The van der Waals surface area contributed by atoms with E-state index in [1.54, 1.807) is 6.92 Å². The molecule has 0 aliphatic rings. The van der Waals surface area contributed by atoms with Crippen molar-refractivity contribution in [1.29, 1.82) is 0 Å². The van der Waals surface area contributed by atoms with Crippen molar-refractivity contribution in [2.75, 3.05) is 12.3 Å². The van der Waals surface area contributed by atoms with E-state index in [9.17, 15) is 18.0 Å². The number of nitrogens with one attached hydrogen (secondary N) is 1. The van der Waals surface area contributed by atoms with E-state index in [2.05, 4.69) is 15.2 Å². The Kier molecular flexibility index (Phi) is 4.27. The van der Waals surface area contributed by atoms with Crippen LogP contribution in [-0.4, -0.2) is 27.8 Å². The van der Waals surface area contributed by atoms with E-state index in [1.165, 1.54) is 0 Å². The topological polar surface area (TPSA) is 93.9 Å². The highest BCUT2D eigenvalue weighted by Crippen LogP contribution is 2.35. The Morgan fingerprint density at radius 1 is 1.50 bits per heavy atom. The van der Waals surface area contributed by atoms with Crippen molar-refractivity contribution in [3.63, 3.8) is 0 Å². The number of esters is 1. The molecular formula is C12H10ClF3N4O2. The molecule has 0 amide bonds. The number of nitrogens with zero attached hydrogens (tertiary/aromatic N) is 2. The van der Waals surface area contributed by atoms with Gasteiger partial charge < -0.3 is 10.5 Å². The third-order valence-electron chi connectivity index (χ3n) is 2.68. The summed E-state index contributed by atoms with van der Waals surface area (Å²) in [5, 5.41) is 5.76. The van der Waals surface area contributed by atoms with Crippen LogP contribution >= 0.6 is 11.6 Å². The summed E-state index contributed by atoms with van der Waals surface area (Å²) in [6.07, 6.45) is -3.97. The smallest absolute Gasteiger partial charge is 0.417 e. The summed E-state index contributed by atoms with van der Waals surface area (Å²) in [6.45, 7) is 1.69. The van der Waals surface area contributed by atoms with Crippen molar-refractivity contribution >= 4 is 23.4 Å². The second-order valence-electron chi connectivity index (χ2n) is 4.13. The van der Waals surface area contributed by atoms with Crippen LogP contribution in [0.5, 0.6) is 0 Å². The minimum atomic E-state index is -4.58. The van der Waals surface area contributed by atoms with E-state index in [4.69, 9.17) is 22.1 Å². The van der Waals surface area contributed by atoms with Crippen molar-refractivity contribution < 1.29 is 22.7 Å². The third-order valence-corrected chi connectivity index (χ3v) is 2.97. The first-order valence-corrected chi connectivity index (χ1v) is 6.37. The Morgan fingerprint density at radius 2 is 2.18 bits per heavy atom. The van der Waals surface area contributed by atoms with Gasteiger partial charge in [-0.2, -0.15) is 18.3 Å². The van der Waals surface area contributed by atoms with Crippen LogP contribution in [0.3, 0.4) is 0 Å². The number of aromatic nitrogens is 3. The normalized spacial score (nSPS) is 11.5. The molecule has 3 N–H and O–H groups in total. The van der Waals surface area contributed by atoms with Gasteiger partial charge in [0.05, 0.1) is 17.2 Å². The quantitative estimate of drug-likeness (QED) is 0.842. The first-order valence-electron chi connectivity index (χ1n) is 5.99. The average Bonchev–Trinajstić information content (AvgIpc) is 2.79. The lowest BCUT2D eigenvalue weighted by Gasteiger charge is -2.09. The molecule has 0 aliphatic carbocycles. The predicted molar refractivity (Wildman–Crippen MR) is 72.2 cm³/mol. The van der Waals surface area contributed by atoms with Gasteiger partial charge in [0.15, 0.2) is 5.82 Å². The van der Waals surface area contributed by atoms with Crippen molar-refractivity contribution in [2.24, 2.45) is 0 Å². The van der Waals surface area contributed by atoms with Crippen LogP contribution in [0.15, 0.2) is 12.3 Å². The summed E-state index contributed by atoms with van der Waals surface area (Å²) in [4.78, 5) is 15.5. The van der Waals surface area contributed by atoms with Gasteiger partial charge in [-0.1, -0.05) is 11.6 Å². The molecule has 10 heteroatoms. The number of aromatic amines is 1. The molecule has 6 nitrogen and oxygen atoms in total. The predicted octanol–water partition coefficient (Wildman–Crippen LogP) is 2.90. The lowest BCUT2D eigenvalue weighted by molar-refractivity contribution is -0.137. The van der Waals surface area contributed by atoms with Gasteiger partial charge in [-0.25, -0.2) is 4.79 Å². The van der Waals surface area contributed by atoms with E-state index in [1.807, 2.05) is 0 Å². The number of nitrogen functional groups attached to an aromatic ring is 1. The van der Waals surface area contributed by atoms with Gasteiger partial charge in [0.2, 0.25) is 0 Å². The molecule has 0 fully saturated rings. The van der Waals surface area contributed by atoms with Crippen LogP contribution < -0.4 is 5.73 Å². The van der Waals surface area contributed by atoms with Crippen LogP contribution in [0.4, 0.5) is 19.0 Å². The zero-order chi connectivity index (χ0) is 16.5. The number of H-pyrrole nitrogens is 1. The molecule has 0 unspecified atom stereocenters. The average molecular weight is 335 g/mol. The summed E-state index contributed by atoms with van der Waals surface area (Å²) >= 11 is 5.83. The number of carbonyl (C=O) groups is 1. The second kappa shape index (κ2) is 5.84. The Bertz CT molecular complexity index is 715. The van der Waals surface area contributed by atoms with Crippen molar-refractivity contribution in [1.82, 2.24) is 15.2 Å². The van der Waals surface area contributed by atoms with Crippen molar-refractivity contribution in [3.8, 4) is 11.4 Å². The van der Waals surface area contributed by atoms with Gasteiger partial charge in [0.1, 0.15) is 17.0 Å². The molecule has 0 radical (unpaired) electrons. The molecule has 22 heavy (non-hydrogen) atoms. The summed E-state index contributed by atoms with van der Waals surface area (Å²) in [5.41, 5.74) is 4.34. The Hall–Kier alpha value is -2.29. The van der Waals surface area contributed by atoms with Gasteiger partial charge in [-0.15, -0.1) is 0 Å². The van der Waals surface area contributed by atoms with E-state index in [0.717, 1.165) is 0 Å². The molecular weight excluding hydrogens is 325 g/mol. The zero-order valence-electron chi connectivity index (χ0n) is 11.2. The van der Waals surface area contributed by atoms with Crippen LogP contribution in [0.25, 0.3) is 11.4 Å². The number of pyridine rings is 1. The van der Waals surface area contributed by atoms with Gasteiger partial charge in [0, 0.05) is 6.20 Å². The number of alkyl halides is 3. The fourth-order valence-electron chi connectivity index (χ4n) is 1.71. The summed E-state index contributed by atoms with van der Waals surface area (Å²) in [7, 11) is 0. The molecule has 0 aliphatic heterocycles. The standard InChI is InChI=1S/C12H10ClF3N4O2/c1-2-22-11(21)7-9(19-20-10(7)17)8-6(13)3-5(4-18-8)12(14,15)16/h3-4H,2H2,1H3,(H3,17,19,20). The maximum absolute atomic E-state index is 12.6. The SMILES string of the molecule is CCOC(=O)c1c(N)n[nH]c1-c1ncc(C(F)(F)F)cc1Cl. The monoisotopic (exact) mass is 334 g/mol. The minimum Gasteiger partial charge on any atom is -0.462 e. The van der Waals surface area contributed by atoms with Gasteiger partial charge in [-0.3, -0.25) is 10.1 Å². The number of rotatable bonds is 3.